The smallest absolute Gasteiger partial charge is 0.222 e. The number of rotatable bonds is 4. The van der Waals surface area contributed by atoms with E-state index in [1.807, 2.05) is 11.9 Å². The van der Waals surface area contributed by atoms with Crippen LogP contribution in [0.3, 0.4) is 0 Å². The average Bonchev–Trinajstić information content (AvgIpc) is 3.47. The normalized spacial score (nSPS) is 31.8. The highest BCUT2D eigenvalue weighted by Gasteiger charge is 2.53. The van der Waals surface area contributed by atoms with Crippen LogP contribution in [-0.4, -0.2) is 60.6 Å². The van der Waals surface area contributed by atoms with Crippen LogP contribution < -0.4 is 5.32 Å². The number of amides is 1. The van der Waals surface area contributed by atoms with Crippen LogP contribution in [0, 0.1) is 11.8 Å². The van der Waals surface area contributed by atoms with Crippen LogP contribution in [0.2, 0.25) is 0 Å². The van der Waals surface area contributed by atoms with Crippen molar-refractivity contribution in [3.63, 3.8) is 0 Å². The molecule has 6 heteroatoms. The maximum atomic E-state index is 11.8. The minimum absolute atomic E-state index is 0.281. The summed E-state index contributed by atoms with van der Waals surface area (Å²) in [7, 11) is 1.87. The molecule has 1 N–H and O–H groups in total. The number of nitrogens with zero attached hydrogens (tertiary/aromatic N) is 3. The first-order valence-electron chi connectivity index (χ1n) is 10.7. The van der Waals surface area contributed by atoms with E-state index in [4.69, 9.17) is 4.74 Å². The van der Waals surface area contributed by atoms with Crippen LogP contribution in [0.15, 0.2) is 29.3 Å². The quantitative estimate of drug-likeness (QED) is 0.639. The molecule has 0 spiro atoms. The van der Waals surface area contributed by atoms with Crippen molar-refractivity contribution in [3.8, 4) is 0 Å². The van der Waals surface area contributed by atoms with Gasteiger partial charge in [-0.3, -0.25) is 9.79 Å². The number of guanidine groups is 1. The molecule has 4 unspecified atom stereocenters. The Morgan fingerprint density at radius 3 is 2.43 bits per heavy atom. The second kappa shape index (κ2) is 7.39. The van der Waals surface area contributed by atoms with Crippen molar-refractivity contribution >= 4 is 11.9 Å². The predicted molar refractivity (Wildman–Crippen MR) is 108 cm³/mol. The molecule has 1 amide bonds. The Kier molecular flexibility index (Phi) is 4.75. The van der Waals surface area contributed by atoms with Crippen molar-refractivity contribution < 1.29 is 9.53 Å². The molecule has 0 aromatic heterocycles. The molecule has 0 radical (unpaired) electrons. The van der Waals surface area contributed by atoms with Gasteiger partial charge in [0, 0.05) is 58.0 Å². The van der Waals surface area contributed by atoms with Crippen LogP contribution >= 0.6 is 0 Å². The molecule has 0 saturated carbocycles. The summed E-state index contributed by atoms with van der Waals surface area (Å²) >= 11 is 0. The van der Waals surface area contributed by atoms with E-state index in [0.29, 0.717) is 30.5 Å². The third-order valence-electron chi connectivity index (χ3n) is 6.98. The highest BCUT2D eigenvalue weighted by molar-refractivity contribution is 5.80. The van der Waals surface area contributed by atoms with Crippen molar-refractivity contribution in [3.05, 3.63) is 35.4 Å². The van der Waals surface area contributed by atoms with Crippen LogP contribution in [-0.2, 0) is 22.6 Å². The molecule has 4 heterocycles. The number of hydrogen-bond acceptors (Lipinski definition) is 3. The Hall–Kier alpha value is -2.08. The van der Waals surface area contributed by atoms with Gasteiger partial charge in [0.2, 0.25) is 5.91 Å². The van der Waals surface area contributed by atoms with E-state index in [-0.39, 0.29) is 5.91 Å². The van der Waals surface area contributed by atoms with Gasteiger partial charge in [-0.2, -0.15) is 0 Å². The van der Waals surface area contributed by atoms with Crippen LogP contribution in [0.1, 0.15) is 36.8 Å². The summed E-state index contributed by atoms with van der Waals surface area (Å²) in [5.41, 5.74) is 2.44. The summed E-state index contributed by atoms with van der Waals surface area (Å²) in [6.45, 7) is 4.52. The summed E-state index contributed by atoms with van der Waals surface area (Å²) in [6.07, 6.45) is 5.13. The summed E-state index contributed by atoms with van der Waals surface area (Å²) in [4.78, 5) is 20.7. The first-order chi connectivity index (χ1) is 13.7. The van der Waals surface area contributed by atoms with Crippen LogP contribution in [0.5, 0.6) is 0 Å². The van der Waals surface area contributed by atoms with E-state index < -0.39 is 0 Å². The lowest BCUT2D eigenvalue weighted by Gasteiger charge is -2.23. The van der Waals surface area contributed by atoms with Crippen molar-refractivity contribution in [1.82, 2.24) is 15.1 Å². The van der Waals surface area contributed by atoms with Gasteiger partial charge >= 0.3 is 0 Å². The lowest BCUT2D eigenvalue weighted by Crippen LogP contribution is -2.41. The molecular formula is C22H30N4O2. The van der Waals surface area contributed by atoms with Gasteiger partial charge in [-0.1, -0.05) is 24.3 Å². The fourth-order valence-electron chi connectivity index (χ4n) is 5.50. The van der Waals surface area contributed by atoms with Gasteiger partial charge in [0.25, 0.3) is 0 Å². The molecule has 4 atom stereocenters. The van der Waals surface area contributed by atoms with Crippen molar-refractivity contribution in [2.45, 2.75) is 51.0 Å². The number of fused-ring (bicyclic) bond motifs is 5. The lowest BCUT2D eigenvalue weighted by atomic mass is 9.82. The van der Waals surface area contributed by atoms with E-state index in [2.05, 4.69) is 39.5 Å². The number of nitrogens with one attached hydrogen (secondary N) is 1. The number of carbonyl (C=O) groups is 1. The van der Waals surface area contributed by atoms with E-state index in [9.17, 15) is 4.79 Å². The zero-order chi connectivity index (χ0) is 19.1. The molecule has 5 rings (SSSR count). The molecule has 150 valence electrons. The zero-order valence-corrected chi connectivity index (χ0v) is 16.6. The van der Waals surface area contributed by atoms with Gasteiger partial charge in [-0.15, -0.1) is 0 Å². The topological polar surface area (TPSA) is 57.2 Å². The summed E-state index contributed by atoms with van der Waals surface area (Å²) < 4.78 is 6.08. The minimum Gasteiger partial charge on any atom is -0.374 e. The van der Waals surface area contributed by atoms with E-state index in [1.165, 1.54) is 24.0 Å². The van der Waals surface area contributed by atoms with Crippen molar-refractivity contribution in [2.75, 3.05) is 26.7 Å². The summed E-state index contributed by atoms with van der Waals surface area (Å²) in [5, 5.41) is 3.54. The van der Waals surface area contributed by atoms with E-state index in [0.717, 1.165) is 45.1 Å². The number of carbonyl (C=O) groups excluding carboxylic acids is 1. The largest absolute Gasteiger partial charge is 0.374 e. The van der Waals surface area contributed by atoms with Crippen molar-refractivity contribution in [1.29, 1.82) is 0 Å². The number of ether oxygens (including phenoxy) is 1. The molecular weight excluding hydrogens is 352 g/mol. The SMILES string of the molecule is CN=C(NCc1ccc(CN2CCCC2=O)cc1)N1CC2C3CCC(O3)C2C1. The van der Waals surface area contributed by atoms with Gasteiger partial charge in [0.05, 0.1) is 12.2 Å². The highest BCUT2D eigenvalue weighted by Crippen LogP contribution is 2.47. The average molecular weight is 383 g/mol. The molecule has 28 heavy (non-hydrogen) atoms. The standard InChI is InChI=1S/C22H30N4O2/c1-23-22(26-13-17-18(14-26)20-9-8-19(17)28-20)24-11-15-4-6-16(7-5-15)12-25-10-2-3-21(25)27/h4-7,17-20H,2-3,8-14H2,1H3,(H,23,24). The highest BCUT2D eigenvalue weighted by atomic mass is 16.5. The number of likely N-dealkylation sites (tertiary alicyclic amines) is 2. The second-order valence-electron chi connectivity index (χ2n) is 8.66. The number of hydrogen-bond donors (Lipinski definition) is 1. The summed E-state index contributed by atoms with van der Waals surface area (Å²) in [5.74, 6) is 2.65. The van der Waals surface area contributed by atoms with Gasteiger partial charge < -0.3 is 19.9 Å². The monoisotopic (exact) mass is 382 g/mol. The molecule has 0 aliphatic carbocycles. The maximum Gasteiger partial charge on any atom is 0.222 e. The third kappa shape index (κ3) is 3.28. The Labute approximate surface area is 166 Å². The van der Waals surface area contributed by atoms with Crippen LogP contribution in [0.4, 0.5) is 0 Å². The molecule has 4 saturated heterocycles. The van der Waals surface area contributed by atoms with E-state index in [1.54, 1.807) is 0 Å². The lowest BCUT2D eigenvalue weighted by molar-refractivity contribution is -0.128. The van der Waals surface area contributed by atoms with Gasteiger partial charge in [-0.05, 0) is 30.4 Å². The second-order valence-corrected chi connectivity index (χ2v) is 8.66. The molecule has 1 aromatic carbocycles. The molecule has 4 aliphatic rings. The third-order valence-corrected chi connectivity index (χ3v) is 6.98. The molecule has 4 fully saturated rings. The van der Waals surface area contributed by atoms with Gasteiger partial charge in [0.15, 0.2) is 5.96 Å². The molecule has 1 aromatic rings. The molecule has 2 bridgehead atoms. The fraction of sp³-hybridized carbons (Fsp3) is 0.636. The number of benzene rings is 1. The Morgan fingerprint density at radius 2 is 1.82 bits per heavy atom. The first-order valence-corrected chi connectivity index (χ1v) is 10.7. The van der Waals surface area contributed by atoms with Crippen LogP contribution in [0.25, 0.3) is 0 Å². The van der Waals surface area contributed by atoms with Gasteiger partial charge in [-0.25, -0.2) is 0 Å². The maximum absolute atomic E-state index is 11.8. The van der Waals surface area contributed by atoms with Gasteiger partial charge in [0.1, 0.15) is 0 Å². The Balaban J connectivity index is 1.15. The Morgan fingerprint density at radius 1 is 1.14 bits per heavy atom. The molecule has 6 nitrogen and oxygen atoms in total. The first kappa shape index (κ1) is 18.0. The molecule has 4 aliphatic heterocycles. The van der Waals surface area contributed by atoms with Crippen molar-refractivity contribution in [2.24, 2.45) is 16.8 Å². The predicted octanol–water partition coefficient (Wildman–Crippen LogP) is 1.99. The Bertz CT molecular complexity index is 744. The fourth-order valence-corrected chi connectivity index (χ4v) is 5.50. The van der Waals surface area contributed by atoms with E-state index >= 15 is 0 Å². The zero-order valence-electron chi connectivity index (χ0n) is 16.6. The number of aliphatic imine (C=N–C) groups is 1. The minimum atomic E-state index is 0.281. The summed E-state index contributed by atoms with van der Waals surface area (Å²) in [6, 6.07) is 8.59.